The molecule has 9 rings (SSSR count). The number of piperidine rings is 1. The van der Waals surface area contributed by atoms with Crippen LogP contribution in [0.2, 0.25) is 0 Å². The van der Waals surface area contributed by atoms with Crippen molar-refractivity contribution in [2.45, 2.75) is 87.6 Å². The van der Waals surface area contributed by atoms with Crippen LogP contribution in [0.3, 0.4) is 0 Å². The number of carbonyl (C=O) groups excluding carboxylic acids is 3. The number of esters is 3. The zero-order valence-corrected chi connectivity index (χ0v) is 34.8. The van der Waals surface area contributed by atoms with Crippen molar-refractivity contribution in [2.24, 2.45) is 17.3 Å². The quantitative estimate of drug-likeness (QED) is 0.201. The van der Waals surface area contributed by atoms with Gasteiger partial charge in [-0.25, -0.2) is 4.79 Å². The molecule has 1 spiro atoms. The fourth-order valence-corrected chi connectivity index (χ4v) is 13.3. The number of ether oxygens (including phenoxy) is 4. The number of aromatic nitrogens is 1. The summed E-state index contributed by atoms with van der Waals surface area (Å²) in [5, 5.41) is 14.4. The van der Waals surface area contributed by atoms with Gasteiger partial charge in [0.1, 0.15) is 5.75 Å². The topological polar surface area (TPSA) is 134 Å². The van der Waals surface area contributed by atoms with Crippen molar-refractivity contribution in [1.29, 1.82) is 0 Å². The number of aromatic amines is 1. The van der Waals surface area contributed by atoms with E-state index in [9.17, 15) is 19.5 Å². The summed E-state index contributed by atoms with van der Waals surface area (Å²) in [7, 11) is 8.48. The van der Waals surface area contributed by atoms with E-state index in [0.717, 1.165) is 46.5 Å². The molecule has 10 atom stereocenters. The molecule has 1 saturated carbocycles. The van der Waals surface area contributed by atoms with Gasteiger partial charge in [-0.05, 0) is 75.4 Å². The van der Waals surface area contributed by atoms with Gasteiger partial charge < -0.3 is 33.9 Å². The van der Waals surface area contributed by atoms with Gasteiger partial charge in [-0.3, -0.25) is 19.4 Å². The standard InChI is InChI=1S/C46H56N4O8/c1-9-26-24-48(4)35-22-31-27-14-11-12-15-33(27)47-38(31)30(20-28(26)37(35)39(52)56-7)29-21-32-34(23-36(29)55-6)49(5)41-45(32)17-19-50-18-13-16-44(10-2,40(45)50)42(58-25(3)51)46(41,54)43(53)57-8/h9,11-16,21,23,28,30,35,37,40-42,47,54H,10,17-20,22,24H2,1-8H3/b26-9-. The van der Waals surface area contributed by atoms with Crippen molar-refractivity contribution in [1.82, 2.24) is 14.8 Å². The molecule has 0 amide bonds. The highest BCUT2D eigenvalue weighted by Crippen LogP contribution is 2.68. The van der Waals surface area contributed by atoms with Crippen LogP contribution in [0.5, 0.6) is 5.75 Å². The molecule has 4 aliphatic heterocycles. The fourth-order valence-electron chi connectivity index (χ4n) is 13.3. The molecule has 12 nitrogen and oxygen atoms in total. The summed E-state index contributed by atoms with van der Waals surface area (Å²) in [5.41, 5.74) is 3.46. The third kappa shape index (κ3) is 4.94. The number of nitrogens with zero attached hydrogens (tertiary/aromatic N) is 3. The minimum atomic E-state index is -2.23. The lowest BCUT2D eigenvalue weighted by molar-refractivity contribution is -0.228. The molecule has 12 heteroatoms. The molecule has 2 aliphatic carbocycles. The predicted molar refractivity (Wildman–Crippen MR) is 219 cm³/mol. The summed E-state index contributed by atoms with van der Waals surface area (Å²) in [4.78, 5) is 51.9. The lowest BCUT2D eigenvalue weighted by Gasteiger charge is -2.63. The number of rotatable bonds is 6. The number of aliphatic hydroxyl groups is 1. The molecule has 10 unspecified atom stereocenters. The second-order valence-electron chi connectivity index (χ2n) is 17.5. The number of carbonyl (C=O) groups is 3. The molecular weight excluding hydrogens is 737 g/mol. The van der Waals surface area contributed by atoms with Gasteiger partial charge in [0.25, 0.3) is 0 Å². The van der Waals surface area contributed by atoms with E-state index in [4.69, 9.17) is 18.9 Å². The third-order valence-corrected chi connectivity index (χ3v) is 15.4. The SMILES string of the molecule is C/C=C1/CN(C)C2Cc3c([nH]c4ccccc34)C(c3cc4c(cc3OC)N(C)C3C(O)(C(=O)OC)C(OC(C)=O)C5(CC)C=CCN6CCC43C65)CC1C2C(=O)OC. The zero-order chi connectivity index (χ0) is 41.1. The zero-order valence-electron chi connectivity index (χ0n) is 34.8. The first-order valence-corrected chi connectivity index (χ1v) is 20.7. The highest BCUT2D eigenvalue weighted by molar-refractivity contribution is 5.88. The Morgan fingerprint density at radius 1 is 1.07 bits per heavy atom. The number of fused-ring (bicyclic) bond motifs is 6. The number of likely N-dealkylation sites (N-methyl/N-ethyl adjacent to an activating group) is 2. The maximum atomic E-state index is 14.3. The van der Waals surface area contributed by atoms with Gasteiger partial charge in [0.2, 0.25) is 5.60 Å². The van der Waals surface area contributed by atoms with Gasteiger partial charge in [0.15, 0.2) is 6.10 Å². The highest BCUT2D eigenvalue weighted by atomic mass is 16.6. The van der Waals surface area contributed by atoms with Gasteiger partial charge in [-0.2, -0.15) is 0 Å². The lowest BCUT2D eigenvalue weighted by atomic mass is 9.47. The smallest absolute Gasteiger partial charge is 0.344 e. The van der Waals surface area contributed by atoms with Crippen LogP contribution in [-0.4, -0.2) is 123 Å². The average molecular weight is 793 g/mol. The van der Waals surface area contributed by atoms with E-state index in [1.807, 2.05) is 24.9 Å². The number of likely N-dealkylation sites (tertiary alicyclic amines) is 1. The van der Waals surface area contributed by atoms with Crippen LogP contribution in [-0.2, 0) is 40.4 Å². The molecule has 2 aromatic carbocycles. The molecule has 308 valence electrons. The Hall–Kier alpha value is -4.65. The molecule has 58 heavy (non-hydrogen) atoms. The maximum Gasteiger partial charge on any atom is 0.344 e. The molecule has 2 bridgehead atoms. The highest BCUT2D eigenvalue weighted by Gasteiger charge is 2.80. The van der Waals surface area contributed by atoms with E-state index in [1.54, 1.807) is 7.11 Å². The van der Waals surface area contributed by atoms with E-state index in [-0.39, 0.29) is 35.8 Å². The van der Waals surface area contributed by atoms with Gasteiger partial charge in [0.05, 0.1) is 33.3 Å². The van der Waals surface area contributed by atoms with Crippen LogP contribution >= 0.6 is 0 Å². The number of benzene rings is 2. The molecule has 1 aromatic heterocycles. The number of methoxy groups -OCH3 is 3. The number of anilines is 1. The molecule has 5 heterocycles. The molecule has 2 saturated heterocycles. The first-order valence-electron chi connectivity index (χ1n) is 20.7. The predicted octanol–water partition coefficient (Wildman–Crippen LogP) is 4.87. The number of hydrogen-bond acceptors (Lipinski definition) is 11. The van der Waals surface area contributed by atoms with Crippen LogP contribution < -0.4 is 9.64 Å². The summed E-state index contributed by atoms with van der Waals surface area (Å²) >= 11 is 0. The summed E-state index contributed by atoms with van der Waals surface area (Å²) in [6, 6.07) is 11.6. The first-order chi connectivity index (χ1) is 27.9. The van der Waals surface area contributed by atoms with Crippen molar-refractivity contribution < 1.29 is 38.4 Å². The molecule has 3 aromatic rings. The second-order valence-corrected chi connectivity index (χ2v) is 17.5. The number of hydrogen-bond donors (Lipinski definition) is 2. The van der Waals surface area contributed by atoms with E-state index in [2.05, 4.69) is 77.3 Å². The summed E-state index contributed by atoms with van der Waals surface area (Å²) in [5.74, 6) is -1.64. The van der Waals surface area contributed by atoms with Gasteiger partial charge in [-0.1, -0.05) is 48.9 Å². The minimum absolute atomic E-state index is 0.0651. The number of para-hydroxylation sites is 1. The van der Waals surface area contributed by atoms with E-state index < -0.39 is 40.5 Å². The Balaban J connectivity index is 1.32. The van der Waals surface area contributed by atoms with Crippen molar-refractivity contribution in [3.05, 3.63) is 82.6 Å². The Kier molecular flexibility index (Phi) is 9.18. The van der Waals surface area contributed by atoms with Crippen LogP contribution in [0.25, 0.3) is 10.9 Å². The normalized spacial score (nSPS) is 35.7. The minimum Gasteiger partial charge on any atom is -0.496 e. The Labute approximate surface area is 340 Å². The third-order valence-electron chi connectivity index (χ3n) is 15.4. The summed E-state index contributed by atoms with van der Waals surface area (Å²) in [6.07, 6.45) is 7.60. The monoisotopic (exact) mass is 792 g/mol. The van der Waals surface area contributed by atoms with Gasteiger partial charge in [-0.15, -0.1) is 0 Å². The first kappa shape index (κ1) is 38.8. The maximum absolute atomic E-state index is 14.3. The van der Waals surface area contributed by atoms with Crippen LogP contribution in [0.1, 0.15) is 68.3 Å². The van der Waals surface area contributed by atoms with E-state index in [1.165, 1.54) is 32.3 Å². The number of H-pyrrole nitrogens is 1. The molecule has 6 aliphatic rings. The van der Waals surface area contributed by atoms with Crippen LogP contribution in [0, 0.1) is 17.3 Å². The Morgan fingerprint density at radius 2 is 1.84 bits per heavy atom. The average Bonchev–Trinajstić information content (AvgIpc) is 3.87. The molecule has 3 fully saturated rings. The van der Waals surface area contributed by atoms with Crippen molar-refractivity contribution in [2.75, 3.05) is 60.0 Å². The second kappa shape index (κ2) is 13.7. The fraction of sp³-hybridized carbons (Fsp3) is 0.543. The van der Waals surface area contributed by atoms with Crippen LogP contribution in [0.15, 0.2) is 60.2 Å². The summed E-state index contributed by atoms with van der Waals surface area (Å²) in [6.45, 7) is 7.61. The summed E-state index contributed by atoms with van der Waals surface area (Å²) < 4.78 is 23.6. The Bertz CT molecular complexity index is 2270. The van der Waals surface area contributed by atoms with Crippen molar-refractivity contribution >= 4 is 34.5 Å². The van der Waals surface area contributed by atoms with Crippen LogP contribution in [0.4, 0.5) is 5.69 Å². The molecule has 0 radical (unpaired) electrons. The van der Waals surface area contributed by atoms with E-state index in [0.29, 0.717) is 38.0 Å². The molecule has 2 N–H and O–H groups in total. The Morgan fingerprint density at radius 3 is 2.53 bits per heavy atom. The van der Waals surface area contributed by atoms with Gasteiger partial charge >= 0.3 is 17.9 Å². The largest absolute Gasteiger partial charge is 0.496 e. The van der Waals surface area contributed by atoms with Crippen molar-refractivity contribution in [3.8, 4) is 5.75 Å². The van der Waals surface area contributed by atoms with Crippen molar-refractivity contribution in [3.63, 3.8) is 0 Å². The van der Waals surface area contributed by atoms with Gasteiger partial charge in [0, 0.05) is 89.8 Å². The van der Waals surface area contributed by atoms with E-state index >= 15 is 0 Å². The lowest BCUT2D eigenvalue weighted by Crippen LogP contribution is -2.81. The number of allylic oxidation sites excluding steroid dienone is 1. The number of nitrogens with one attached hydrogen (secondary N) is 1. The molecular formula is C46H56N4O8.